The average molecular weight is 416 g/mol. The summed E-state index contributed by atoms with van der Waals surface area (Å²) in [4.78, 5) is 19.5. The summed E-state index contributed by atoms with van der Waals surface area (Å²) in [6.07, 6.45) is 5.21. The molecule has 1 unspecified atom stereocenters. The van der Waals surface area contributed by atoms with Crippen LogP contribution >= 0.6 is 0 Å². The number of carbonyl (C=O) groups is 1. The smallest absolute Gasteiger partial charge is 0.227 e. The topological polar surface area (TPSA) is 54.5 Å². The lowest BCUT2D eigenvalue weighted by atomic mass is 9.79. The molecule has 31 heavy (non-hydrogen) atoms. The fourth-order valence-electron chi connectivity index (χ4n) is 4.58. The number of nitrogens with zero attached hydrogens (tertiary/aromatic N) is 2. The van der Waals surface area contributed by atoms with Crippen LogP contribution in [0, 0.1) is 5.41 Å². The Kier molecular flexibility index (Phi) is 6.33. The molecule has 1 aliphatic heterocycles. The van der Waals surface area contributed by atoms with Gasteiger partial charge in [-0.2, -0.15) is 0 Å². The van der Waals surface area contributed by atoms with Crippen molar-refractivity contribution in [3.05, 3.63) is 84.2 Å². The van der Waals surface area contributed by atoms with Gasteiger partial charge in [0.1, 0.15) is 5.75 Å². The summed E-state index contributed by atoms with van der Waals surface area (Å²) in [6, 6.07) is 20.6. The number of hydrogen-bond acceptors (Lipinski definition) is 4. The number of ether oxygens (including phenoxy) is 1. The Hall–Kier alpha value is -3.18. The Labute approximate surface area is 184 Å². The Morgan fingerprint density at radius 1 is 1.10 bits per heavy atom. The lowest BCUT2D eigenvalue weighted by Crippen LogP contribution is -2.43. The van der Waals surface area contributed by atoms with Gasteiger partial charge in [-0.3, -0.25) is 14.7 Å². The van der Waals surface area contributed by atoms with Crippen LogP contribution in [0.15, 0.2) is 73.1 Å². The summed E-state index contributed by atoms with van der Waals surface area (Å²) in [5.74, 6) is 1.01. The molecule has 4 rings (SSSR count). The SMILES string of the molecule is CNC(=O)C1(Cc2ccc(-c3cccnc3)cc2)CCN(Cc2ccccc2OC)C1. The first-order valence-electron chi connectivity index (χ1n) is 10.7. The van der Waals surface area contributed by atoms with E-state index in [1.54, 1.807) is 20.4 Å². The number of rotatable bonds is 7. The van der Waals surface area contributed by atoms with Crippen molar-refractivity contribution < 1.29 is 9.53 Å². The van der Waals surface area contributed by atoms with Gasteiger partial charge in [-0.1, -0.05) is 48.5 Å². The molecule has 1 atom stereocenters. The molecule has 0 saturated carbocycles. The first-order chi connectivity index (χ1) is 15.1. The Morgan fingerprint density at radius 3 is 2.61 bits per heavy atom. The molecular formula is C26H29N3O2. The molecule has 0 aliphatic carbocycles. The van der Waals surface area contributed by atoms with Crippen LogP contribution in [-0.2, 0) is 17.8 Å². The number of hydrogen-bond donors (Lipinski definition) is 1. The second-order valence-corrected chi connectivity index (χ2v) is 8.25. The van der Waals surface area contributed by atoms with Gasteiger partial charge in [-0.05, 0) is 48.2 Å². The number of methoxy groups -OCH3 is 1. The zero-order valence-electron chi connectivity index (χ0n) is 18.2. The molecular weight excluding hydrogens is 386 g/mol. The standard InChI is InChI=1S/C26H29N3O2/c1-27-25(30)26(13-15-29(19-26)18-23-6-3-4-8-24(23)31-2)16-20-9-11-21(12-10-20)22-7-5-14-28-17-22/h3-12,14,17H,13,15-16,18-19H2,1-2H3,(H,27,30). The summed E-state index contributed by atoms with van der Waals surface area (Å²) < 4.78 is 5.51. The largest absolute Gasteiger partial charge is 0.496 e. The van der Waals surface area contributed by atoms with Crippen molar-refractivity contribution >= 4 is 5.91 Å². The van der Waals surface area contributed by atoms with Crippen LogP contribution in [0.2, 0.25) is 0 Å². The van der Waals surface area contributed by atoms with Crippen LogP contribution in [-0.4, -0.2) is 43.0 Å². The molecule has 5 nitrogen and oxygen atoms in total. The minimum absolute atomic E-state index is 0.117. The molecule has 2 aromatic carbocycles. The minimum Gasteiger partial charge on any atom is -0.496 e. The maximum absolute atomic E-state index is 13.0. The quantitative estimate of drug-likeness (QED) is 0.635. The highest BCUT2D eigenvalue weighted by atomic mass is 16.5. The molecule has 160 valence electrons. The van der Waals surface area contributed by atoms with Crippen molar-refractivity contribution in [2.24, 2.45) is 5.41 Å². The highest BCUT2D eigenvalue weighted by Gasteiger charge is 2.44. The number of pyridine rings is 1. The Balaban J connectivity index is 1.50. The number of carbonyl (C=O) groups excluding carboxylic acids is 1. The minimum atomic E-state index is -0.424. The van der Waals surface area contributed by atoms with Crippen molar-refractivity contribution in [2.45, 2.75) is 19.4 Å². The summed E-state index contributed by atoms with van der Waals surface area (Å²) in [5.41, 5.74) is 4.13. The second kappa shape index (κ2) is 9.31. The van der Waals surface area contributed by atoms with E-state index in [4.69, 9.17) is 4.74 Å². The van der Waals surface area contributed by atoms with E-state index in [0.29, 0.717) is 0 Å². The first kappa shape index (κ1) is 21.1. The fraction of sp³-hybridized carbons (Fsp3) is 0.308. The van der Waals surface area contributed by atoms with Gasteiger partial charge in [0, 0.05) is 38.1 Å². The average Bonchev–Trinajstić information content (AvgIpc) is 3.23. The molecule has 0 bridgehead atoms. The lowest BCUT2D eigenvalue weighted by molar-refractivity contribution is -0.130. The summed E-state index contributed by atoms with van der Waals surface area (Å²) in [7, 11) is 3.44. The van der Waals surface area contributed by atoms with Crippen LogP contribution in [0.1, 0.15) is 17.5 Å². The predicted octanol–water partition coefficient (Wildman–Crippen LogP) is 3.94. The van der Waals surface area contributed by atoms with E-state index in [1.165, 1.54) is 5.56 Å². The van der Waals surface area contributed by atoms with E-state index in [9.17, 15) is 4.79 Å². The van der Waals surface area contributed by atoms with Crippen molar-refractivity contribution in [1.29, 1.82) is 0 Å². The number of nitrogens with one attached hydrogen (secondary N) is 1. The number of aromatic nitrogens is 1. The van der Waals surface area contributed by atoms with Gasteiger partial charge in [0.05, 0.1) is 12.5 Å². The molecule has 0 radical (unpaired) electrons. The summed E-state index contributed by atoms with van der Waals surface area (Å²) in [6.45, 7) is 2.40. The van der Waals surface area contributed by atoms with Crippen molar-refractivity contribution in [3.8, 4) is 16.9 Å². The summed E-state index contributed by atoms with van der Waals surface area (Å²) >= 11 is 0. The fourth-order valence-corrected chi connectivity index (χ4v) is 4.58. The van der Waals surface area contributed by atoms with Crippen LogP contribution in [0.5, 0.6) is 5.75 Å². The normalized spacial score (nSPS) is 18.6. The zero-order chi connectivity index (χ0) is 21.7. The van der Waals surface area contributed by atoms with E-state index in [0.717, 1.165) is 54.9 Å². The maximum Gasteiger partial charge on any atom is 0.227 e. The van der Waals surface area contributed by atoms with Gasteiger partial charge in [0.2, 0.25) is 5.91 Å². The lowest BCUT2D eigenvalue weighted by Gasteiger charge is -2.28. The summed E-state index contributed by atoms with van der Waals surface area (Å²) in [5, 5.41) is 2.91. The number of benzene rings is 2. The van der Waals surface area contributed by atoms with Crippen molar-refractivity contribution in [3.63, 3.8) is 0 Å². The van der Waals surface area contributed by atoms with Gasteiger partial charge in [0.25, 0.3) is 0 Å². The van der Waals surface area contributed by atoms with Crippen molar-refractivity contribution in [1.82, 2.24) is 15.2 Å². The van der Waals surface area contributed by atoms with Gasteiger partial charge in [-0.25, -0.2) is 0 Å². The second-order valence-electron chi connectivity index (χ2n) is 8.25. The number of amides is 1. The molecule has 5 heteroatoms. The molecule has 1 N–H and O–H groups in total. The molecule has 2 heterocycles. The molecule has 1 fully saturated rings. The molecule has 1 amide bonds. The monoisotopic (exact) mass is 415 g/mol. The van der Waals surface area contributed by atoms with E-state index >= 15 is 0 Å². The van der Waals surface area contributed by atoms with Gasteiger partial charge >= 0.3 is 0 Å². The molecule has 3 aromatic rings. The van der Waals surface area contributed by atoms with Crippen LogP contribution in [0.25, 0.3) is 11.1 Å². The Morgan fingerprint density at radius 2 is 1.90 bits per heavy atom. The van der Waals surface area contributed by atoms with Crippen LogP contribution in [0.4, 0.5) is 0 Å². The molecule has 0 spiro atoms. The van der Waals surface area contributed by atoms with Crippen molar-refractivity contribution in [2.75, 3.05) is 27.2 Å². The number of para-hydroxylation sites is 1. The number of likely N-dealkylation sites (tertiary alicyclic amines) is 1. The zero-order valence-corrected chi connectivity index (χ0v) is 18.2. The van der Waals surface area contributed by atoms with E-state index in [1.807, 2.05) is 30.5 Å². The predicted molar refractivity (Wildman–Crippen MR) is 123 cm³/mol. The third kappa shape index (κ3) is 4.62. The van der Waals surface area contributed by atoms with Gasteiger partial charge < -0.3 is 10.1 Å². The van der Waals surface area contributed by atoms with Crippen LogP contribution < -0.4 is 10.1 Å². The van der Waals surface area contributed by atoms with E-state index < -0.39 is 5.41 Å². The van der Waals surface area contributed by atoms with E-state index in [-0.39, 0.29) is 5.91 Å². The van der Waals surface area contributed by atoms with Gasteiger partial charge in [0.15, 0.2) is 0 Å². The highest BCUT2D eigenvalue weighted by Crippen LogP contribution is 2.36. The van der Waals surface area contributed by atoms with Crippen LogP contribution in [0.3, 0.4) is 0 Å². The maximum atomic E-state index is 13.0. The van der Waals surface area contributed by atoms with E-state index in [2.05, 4.69) is 51.6 Å². The molecule has 1 saturated heterocycles. The molecule has 1 aliphatic rings. The third-order valence-electron chi connectivity index (χ3n) is 6.22. The highest BCUT2D eigenvalue weighted by molar-refractivity contribution is 5.83. The Bertz CT molecular complexity index is 1020. The first-order valence-corrected chi connectivity index (χ1v) is 10.7. The molecule has 1 aromatic heterocycles. The third-order valence-corrected chi connectivity index (χ3v) is 6.22. The van der Waals surface area contributed by atoms with Gasteiger partial charge in [-0.15, -0.1) is 0 Å².